The standard InChI is InChI=1S/C14H18N2O3/c1-16(13(17)12-4-2-3-9-15-12)11-7-5-10(6-8-11)14(18)19/h2-4,9-11H,5-8H2,1H3,(H,18,19). The number of carbonyl (C=O) groups excluding carboxylic acids is 1. The molecule has 1 amide bonds. The number of carboxylic acids is 1. The summed E-state index contributed by atoms with van der Waals surface area (Å²) in [6.07, 6.45) is 4.36. The Morgan fingerprint density at radius 2 is 1.95 bits per heavy atom. The van der Waals surface area contributed by atoms with E-state index in [4.69, 9.17) is 5.11 Å². The van der Waals surface area contributed by atoms with Crippen LogP contribution in [-0.2, 0) is 4.79 Å². The van der Waals surface area contributed by atoms with Gasteiger partial charge in [0.05, 0.1) is 5.92 Å². The lowest BCUT2D eigenvalue weighted by Crippen LogP contribution is -2.40. The van der Waals surface area contributed by atoms with Gasteiger partial charge in [-0.2, -0.15) is 0 Å². The summed E-state index contributed by atoms with van der Waals surface area (Å²) in [4.78, 5) is 28.8. The maximum atomic E-state index is 12.2. The Bertz CT molecular complexity index is 453. The molecule has 0 aromatic carbocycles. The maximum absolute atomic E-state index is 12.2. The summed E-state index contributed by atoms with van der Waals surface area (Å²) >= 11 is 0. The number of rotatable bonds is 3. The van der Waals surface area contributed by atoms with E-state index in [1.165, 1.54) is 0 Å². The molecular weight excluding hydrogens is 244 g/mol. The summed E-state index contributed by atoms with van der Waals surface area (Å²) in [6.45, 7) is 0. The third kappa shape index (κ3) is 3.10. The van der Waals surface area contributed by atoms with Gasteiger partial charge in [0.1, 0.15) is 5.69 Å². The van der Waals surface area contributed by atoms with Gasteiger partial charge in [-0.3, -0.25) is 14.6 Å². The summed E-state index contributed by atoms with van der Waals surface area (Å²) in [5, 5.41) is 8.96. The normalized spacial score (nSPS) is 22.8. The van der Waals surface area contributed by atoms with Gasteiger partial charge in [0.25, 0.3) is 5.91 Å². The van der Waals surface area contributed by atoms with Gasteiger partial charge < -0.3 is 10.0 Å². The highest BCUT2D eigenvalue weighted by Crippen LogP contribution is 2.27. The molecule has 19 heavy (non-hydrogen) atoms. The van der Waals surface area contributed by atoms with Crippen molar-refractivity contribution in [2.75, 3.05) is 7.05 Å². The SMILES string of the molecule is CN(C(=O)c1ccccn1)C1CCC(C(=O)O)CC1. The molecule has 1 heterocycles. The van der Waals surface area contributed by atoms with E-state index in [9.17, 15) is 9.59 Å². The van der Waals surface area contributed by atoms with Gasteiger partial charge in [0.15, 0.2) is 0 Å². The molecule has 5 nitrogen and oxygen atoms in total. The molecule has 0 atom stereocenters. The van der Waals surface area contributed by atoms with E-state index in [0.717, 1.165) is 12.8 Å². The van der Waals surface area contributed by atoms with Crippen molar-refractivity contribution in [2.24, 2.45) is 5.92 Å². The Balaban J connectivity index is 1.96. The minimum atomic E-state index is -0.725. The first-order chi connectivity index (χ1) is 9.09. The number of pyridine rings is 1. The third-order valence-corrected chi connectivity index (χ3v) is 3.80. The van der Waals surface area contributed by atoms with Crippen LogP contribution in [0.2, 0.25) is 0 Å². The Kier molecular flexibility index (Phi) is 4.14. The van der Waals surface area contributed by atoms with E-state index < -0.39 is 5.97 Å². The summed E-state index contributed by atoms with van der Waals surface area (Å²) in [5.74, 6) is -1.08. The first-order valence-corrected chi connectivity index (χ1v) is 6.50. The fourth-order valence-electron chi connectivity index (χ4n) is 2.55. The van der Waals surface area contributed by atoms with Crippen LogP contribution in [0.3, 0.4) is 0 Å². The predicted octanol–water partition coefficient (Wildman–Crippen LogP) is 1.80. The summed E-state index contributed by atoms with van der Waals surface area (Å²) in [7, 11) is 1.77. The molecule has 1 N–H and O–H groups in total. The number of amides is 1. The molecule has 1 fully saturated rings. The molecule has 0 unspecified atom stereocenters. The second kappa shape index (κ2) is 5.82. The number of aliphatic carboxylic acids is 1. The smallest absolute Gasteiger partial charge is 0.306 e. The topological polar surface area (TPSA) is 70.5 Å². The van der Waals surface area contributed by atoms with Crippen molar-refractivity contribution < 1.29 is 14.7 Å². The first kappa shape index (κ1) is 13.5. The van der Waals surface area contributed by atoms with E-state index in [-0.39, 0.29) is 17.9 Å². The molecule has 0 bridgehead atoms. The molecule has 5 heteroatoms. The quantitative estimate of drug-likeness (QED) is 0.901. The molecular formula is C14H18N2O3. The van der Waals surface area contributed by atoms with Crippen LogP contribution in [0.15, 0.2) is 24.4 Å². The zero-order valence-electron chi connectivity index (χ0n) is 11.0. The van der Waals surface area contributed by atoms with Gasteiger partial charge in [-0.1, -0.05) is 6.07 Å². The zero-order chi connectivity index (χ0) is 13.8. The van der Waals surface area contributed by atoms with Crippen molar-refractivity contribution in [2.45, 2.75) is 31.7 Å². The highest BCUT2D eigenvalue weighted by atomic mass is 16.4. The lowest BCUT2D eigenvalue weighted by molar-refractivity contribution is -0.143. The van der Waals surface area contributed by atoms with Gasteiger partial charge in [-0.25, -0.2) is 0 Å². The number of hydrogen-bond donors (Lipinski definition) is 1. The maximum Gasteiger partial charge on any atom is 0.306 e. The van der Waals surface area contributed by atoms with Crippen molar-refractivity contribution >= 4 is 11.9 Å². The molecule has 1 aromatic heterocycles. The van der Waals surface area contributed by atoms with Gasteiger partial charge in [-0.15, -0.1) is 0 Å². The summed E-state index contributed by atoms with van der Waals surface area (Å²) < 4.78 is 0. The molecule has 0 spiro atoms. The molecule has 1 aliphatic carbocycles. The Morgan fingerprint density at radius 1 is 1.26 bits per heavy atom. The zero-order valence-corrected chi connectivity index (χ0v) is 11.0. The minimum absolute atomic E-state index is 0.0978. The largest absolute Gasteiger partial charge is 0.481 e. The minimum Gasteiger partial charge on any atom is -0.481 e. The van der Waals surface area contributed by atoms with E-state index in [2.05, 4.69) is 4.98 Å². The Hall–Kier alpha value is -1.91. The lowest BCUT2D eigenvalue weighted by Gasteiger charge is -2.33. The molecule has 1 aromatic rings. The van der Waals surface area contributed by atoms with Gasteiger partial charge in [0, 0.05) is 19.3 Å². The average Bonchev–Trinajstić information content (AvgIpc) is 2.46. The number of nitrogens with zero attached hydrogens (tertiary/aromatic N) is 2. The Morgan fingerprint density at radius 3 is 2.47 bits per heavy atom. The average molecular weight is 262 g/mol. The van der Waals surface area contributed by atoms with E-state index >= 15 is 0 Å². The lowest BCUT2D eigenvalue weighted by atomic mass is 9.85. The van der Waals surface area contributed by atoms with Crippen LogP contribution in [0.1, 0.15) is 36.2 Å². The van der Waals surface area contributed by atoms with Crippen LogP contribution in [0.4, 0.5) is 0 Å². The first-order valence-electron chi connectivity index (χ1n) is 6.50. The van der Waals surface area contributed by atoms with E-state index in [0.29, 0.717) is 18.5 Å². The number of aromatic nitrogens is 1. The van der Waals surface area contributed by atoms with E-state index in [1.54, 1.807) is 36.3 Å². The fraction of sp³-hybridized carbons (Fsp3) is 0.500. The van der Waals surface area contributed by atoms with Gasteiger partial charge in [0.2, 0.25) is 0 Å². The highest BCUT2D eigenvalue weighted by molar-refractivity contribution is 5.92. The second-order valence-electron chi connectivity index (χ2n) is 4.97. The van der Waals surface area contributed by atoms with Crippen molar-refractivity contribution in [3.8, 4) is 0 Å². The Labute approximate surface area is 112 Å². The van der Waals surface area contributed by atoms with Crippen molar-refractivity contribution in [3.05, 3.63) is 30.1 Å². The van der Waals surface area contributed by atoms with Gasteiger partial charge >= 0.3 is 5.97 Å². The number of hydrogen-bond acceptors (Lipinski definition) is 3. The number of carbonyl (C=O) groups is 2. The van der Waals surface area contributed by atoms with Crippen molar-refractivity contribution in [3.63, 3.8) is 0 Å². The number of carboxylic acid groups (broad SMARTS) is 1. The molecule has 1 saturated carbocycles. The third-order valence-electron chi connectivity index (χ3n) is 3.80. The van der Waals surface area contributed by atoms with Crippen LogP contribution in [0, 0.1) is 5.92 Å². The summed E-state index contributed by atoms with van der Waals surface area (Å²) in [5.41, 5.74) is 0.436. The summed E-state index contributed by atoms with van der Waals surface area (Å²) in [6, 6.07) is 5.37. The highest BCUT2D eigenvalue weighted by Gasteiger charge is 2.30. The second-order valence-corrected chi connectivity index (χ2v) is 4.97. The van der Waals surface area contributed by atoms with E-state index in [1.807, 2.05) is 0 Å². The monoisotopic (exact) mass is 262 g/mol. The van der Waals surface area contributed by atoms with Crippen LogP contribution < -0.4 is 0 Å². The molecule has 1 aliphatic rings. The predicted molar refractivity (Wildman–Crippen MR) is 69.7 cm³/mol. The van der Waals surface area contributed by atoms with Crippen molar-refractivity contribution in [1.29, 1.82) is 0 Å². The van der Waals surface area contributed by atoms with Crippen molar-refractivity contribution in [1.82, 2.24) is 9.88 Å². The molecule has 0 radical (unpaired) electrons. The molecule has 2 rings (SSSR count). The van der Waals surface area contributed by atoms with Crippen LogP contribution in [-0.4, -0.2) is 40.0 Å². The van der Waals surface area contributed by atoms with Gasteiger partial charge in [-0.05, 0) is 37.8 Å². The van der Waals surface area contributed by atoms with Crippen LogP contribution in [0.5, 0.6) is 0 Å². The molecule has 0 saturated heterocycles. The van der Waals surface area contributed by atoms with Crippen LogP contribution >= 0.6 is 0 Å². The molecule has 102 valence electrons. The van der Waals surface area contributed by atoms with Crippen LogP contribution in [0.25, 0.3) is 0 Å². The fourth-order valence-corrected chi connectivity index (χ4v) is 2.55. The molecule has 0 aliphatic heterocycles.